The zero-order chi connectivity index (χ0) is 16.7. The van der Waals surface area contributed by atoms with Gasteiger partial charge in [-0.15, -0.1) is 0 Å². The molecular formula is C10H16N10OS2. The van der Waals surface area contributed by atoms with Crippen LogP contribution in [0.4, 0.5) is 23.8 Å². The van der Waals surface area contributed by atoms with Gasteiger partial charge >= 0.3 is 0 Å². The van der Waals surface area contributed by atoms with Crippen LogP contribution in [0.25, 0.3) is 0 Å². The van der Waals surface area contributed by atoms with E-state index in [1.165, 1.54) is 23.5 Å². The highest BCUT2D eigenvalue weighted by Crippen LogP contribution is 2.15. The maximum atomic E-state index is 5.49. The van der Waals surface area contributed by atoms with E-state index in [1.54, 1.807) is 0 Å². The molecule has 13 heteroatoms. The minimum Gasteiger partial charge on any atom is -0.380 e. The predicted octanol–water partition coefficient (Wildman–Crippen LogP) is -0.714. The molecule has 0 saturated heterocycles. The normalized spacial score (nSPS) is 10.8. The monoisotopic (exact) mass is 356 g/mol. The number of rotatable bonds is 8. The first-order chi connectivity index (χ1) is 11.0. The zero-order valence-corrected chi connectivity index (χ0v) is 13.7. The molecule has 2 aromatic rings. The summed E-state index contributed by atoms with van der Waals surface area (Å²) in [6.45, 7) is 1.05. The zero-order valence-electron chi connectivity index (χ0n) is 12.0. The Kier molecular flexibility index (Phi) is 6.37. The summed E-state index contributed by atoms with van der Waals surface area (Å²) in [6.07, 6.45) is 0. The van der Waals surface area contributed by atoms with Crippen molar-refractivity contribution in [2.75, 3.05) is 47.7 Å². The van der Waals surface area contributed by atoms with E-state index in [-0.39, 0.29) is 23.8 Å². The lowest BCUT2D eigenvalue weighted by Gasteiger charge is -2.04. The molecule has 0 aliphatic heterocycles. The van der Waals surface area contributed by atoms with Crippen molar-refractivity contribution in [2.45, 2.75) is 10.3 Å². The molecule has 8 N–H and O–H groups in total. The molecule has 11 nitrogen and oxygen atoms in total. The smallest absolute Gasteiger partial charge is 0.225 e. The van der Waals surface area contributed by atoms with Crippen LogP contribution in [-0.2, 0) is 4.74 Å². The van der Waals surface area contributed by atoms with E-state index in [0.29, 0.717) is 35.0 Å². The molecule has 0 unspecified atom stereocenters. The predicted molar refractivity (Wildman–Crippen MR) is 89.6 cm³/mol. The summed E-state index contributed by atoms with van der Waals surface area (Å²) in [4.78, 5) is 23.2. The molecule has 0 atom stereocenters. The molecule has 0 aliphatic rings. The first kappa shape index (κ1) is 17.2. The van der Waals surface area contributed by atoms with Gasteiger partial charge in [-0.2, -0.15) is 29.9 Å². The largest absolute Gasteiger partial charge is 0.380 e. The van der Waals surface area contributed by atoms with Gasteiger partial charge in [-0.05, 0) is 0 Å². The van der Waals surface area contributed by atoms with Crippen molar-refractivity contribution in [1.82, 2.24) is 29.9 Å². The Balaban J connectivity index is 1.60. The molecule has 2 aromatic heterocycles. The molecule has 23 heavy (non-hydrogen) atoms. The summed E-state index contributed by atoms with van der Waals surface area (Å²) in [5.74, 6) is 1.75. The van der Waals surface area contributed by atoms with E-state index in [4.69, 9.17) is 27.7 Å². The Morgan fingerprint density at radius 2 is 0.957 bits per heavy atom. The summed E-state index contributed by atoms with van der Waals surface area (Å²) >= 11 is 2.77. The van der Waals surface area contributed by atoms with Crippen LogP contribution in [-0.4, -0.2) is 54.6 Å². The molecule has 124 valence electrons. The molecule has 0 fully saturated rings. The summed E-state index contributed by atoms with van der Waals surface area (Å²) < 4.78 is 5.49. The number of nitrogens with zero attached hydrogens (tertiary/aromatic N) is 6. The van der Waals surface area contributed by atoms with E-state index in [9.17, 15) is 0 Å². The maximum absolute atomic E-state index is 5.49. The Hall–Kier alpha value is -2.12. The fraction of sp³-hybridized carbons (Fsp3) is 0.400. The van der Waals surface area contributed by atoms with E-state index in [2.05, 4.69) is 29.9 Å². The third-order valence-electron chi connectivity index (χ3n) is 2.22. The average Bonchev–Trinajstić information content (AvgIpc) is 2.44. The van der Waals surface area contributed by atoms with Gasteiger partial charge in [0, 0.05) is 11.5 Å². The quantitative estimate of drug-likeness (QED) is 0.342. The van der Waals surface area contributed by atoms with Crippen LogP contribution in [0.1, 0.15) is 0 Å². The molecule has 0 amide bonds. The summed E-state index contributed by atoms with van der Waals surface area (Å²) in [5, 5.41) is 0.952. The van der Waals surface area contributed by atoms with Crippen LogP contribution in [0, 0.1) is 0 Å². The lowest BCUT2D eigenvalue weighted by Crippen LogP contribution is -2.06. The highest BCUT2D eigenvalue weighted by Gasteiger charge is 2.04. The Bertz CT molecular complexity index is 562. The number of aromatic nitrogens is 6. The van der Waals surface area contributed by atoms with E-state index >= 15 is 0 Å². The van der Waals surface area contributed by atoms with Crippen molar-refractivity contribution in [1.29, 1.82) is 0 Å². The van der Waals surface area contributed by atoms with E-state index in [1.807, 2.05) is 0 Å². The first-order valence-electron chi connectivity index (χ1n) is 6.40. The van der Waals surface area contributed by atoms with Gasteiger partial charge < -0.3 is 27.7 Å². The van der Waals surface area contributed by atoms with Gasteiger partial charge in [0.1, 0.15) is 0 Å². The molecule has 0 spiro atoms. The van der Waals surface area contributed by atoms with Crippen molar-refractivity contribution >= 4 is 47.3 Å². The minimum atomic E-state index is 0.105. The summed E-state index contributed by atoms with van der Waals surface area (Å²) in [5.41, 5.74) is 21.9. The number of nitrogen functional groups attached to an aromatic ring is 4. The van der Waals surface area contributed by atoms with Gasteiger partial charge in [-0.3, -0.25) is 0 Å². The van der Waals surface area contributed by atoms with Crippen LogP contribution in [0.15, 0.2) is 10.3 Å². The second kappa shape index (κ2) is 8.50. The second-order valence-electron chi connectivity index (χ2n) is 3.98. The van der Waals surface area contributed by atoms with E-state index in [0.717, 1.165) is 0 Å². The molecule has 0 saturated carbocycles. The molecule has 0 bridgehead atoms. The molecule has 2 heterocycles. The standard InChI is InChI=1S/C10H16N10OS2/c11-5-15-6(12)18-9(17-5)22-3-1-21-2-4-23-10-19-7(13)16-8(14)20-10/h1-4H2,(H4,11,12,15,17,18)(H4,13,14,16,19,20). The highest BCUT2D eigenvalue weighted by atomic mass is 32.2. The number of thioether (sulfide) groups is 2. The van der Waals surface area contributed by atoms with Crippen LogP contribution in [0.5, 0.6) is 0 Å². The third kappa shape index (κ3) is 6.25. The van der Waals surface area contributed by atoms with Gasteiger partial charge in [-0.25, -0.2) is 0 Å². The van der Waals surface area contributed by atoms with Crippen LogP contribution < -0.4 is 22.9 Å². The van der Waals surface area contributed by atoms with Crippen molar-refractivity contribution in [3.63, 3.8) is 0 Å². The van der Waals surface area contributed by atoms with Gasteiger partial charge in [0.2, 0.25) is 23.8 Å². The molecule has 0 aliphatic carbocycles. The van der Waals surface area contributed by atoms with Gasteiger partial charge in [0.25, 0.3) is 0 Å². The SMILES string of the molecule is Nc1nc(N)nc(SCCOCCSc2nc(N)nc(N)n2)n1. The number of hydrogen-bond donors (Lipinski definition) is 4. The third-order valence-corrected chi connectivity index (χ3v) is 3.84. The number of ether oxygens (including phenoxy) is 1. The fourth-order valence-corrected chi connectivity index (χ4v) is 2.79. The van der Waals surface area contributed by atoms with Gasteiger partial charge in [-0.1, -0.05) is 23.5 Å². The number of hydrogen-bond acceptors (Lipinski definition) is 13. The second-order valence-corrected chi connectivity index (χ2v) is 6.10. The van der Waals surface area contributed by atoms with Crippen molar-refractivity contribution in [3.8, 4) is 0 Å². The Morgan fingerprint density at radius 3 is 1.30 bits per heavy atom. The molecule has 2 rings (SSSR count). The average molecular weight is 356 g/mol. The minimum absolute atomic E-state index is 0.105. The van der Waals surface area contributed by atoms with E-state index < -0.39 is 0 Å². The lowest BCUT2D eigenvalue weighted by atomic mass is 10.8. The van der Waals surface area contributed by atoms with Crippen LogP contribution in [0.2, 0.25) is 0 Å². The van der Waals surface area contributed by atoms with Gasteiger partial charge in [0.15, 0.2) is 10.3 Å². The molecule has 0 radical (unpaired) electrons. The van der Waals surface area contributed by atoms with Crippen LogP contribution >= 0.6 is 23.5 Å². The fourth-order valence-electron chi connectivity index (χ4n) is 1.39. The molecular weight excluding hydrogens is 340 g/mol. The van der Waals surface area contributed by atoms with Crippen molar-refractivity contribution in [3.05, 3.63) is 0 Å². The van der Waals surface area contributed by atoms with Gasteiger partial charge in [0.05, 0.1) is 13.2 Å². The topological polar surface area (TPSA) is 191 Å². The highest BCUT2D eigenvalue weighted by molar-refractivity contribution is 7.99. The summed E-state index contributed by atoms with van der Waals surface area (Å²) in [7, 11) is 0. The summed E-state index contributed by atoms with van der Waals surface area (Å²) in [6, 6.07) is 0. The van der Waals surface area contributed by atoms with Crippen molar-refractivity contribution in [2.24, 2.45) is 0 Å². The molecule has 0 aromatic carbocycles. The van der Waals surface area contributed by atoms with Crippen molar-refractivity contribution < 1.29 is 4.74 Å². The first-order valence-corrected chi connectivity index (χ1v) is 8.37. The van der Waals surface area contributed by atoms with Crippen LogP contribution in [0.3, 0.4) is 0 Å². The number of nitrogens with two attached hydrogens (primary N) is 4. The Morgan fingerprint density at radius 1 is 0.609 bits per heavy atom. The maximum Gasteiger partial charge on any atom is 0.225 e. The number of anilines is 4. The Labute approximate surface area is 140 Å². The lowest BCUT2D eigenvalue weighted by molar-refractivity contribution is 0.167.